The Balaban J connectivity index is 1.72. The molecule has 0 bridgehead atoms. The molecule has 0 spiro atoms. The van der Waals surface area contributed by atoms with E-state index in [1.54, 1.807) is 24.3 Å². The molecule has 0 saturated carbocycles. The number of amides is 1. The monoisotopic (exact) mass is 392 g/mol. The number of ketones is 1. The average molecular weight is 393 g/mol. The van der Waals surface area contributed by atoms with E-state index in [-0.39, 0.29) is 24.3 Å². The third-order valence-electron chi connectivity index (χ3n) is 4.33. The number of anilines is 1. The number of hydrogen-bond donors (Lipinski definition) is 2. The van der Waals surface area contributed by atoms with E-state index in [0.717, 1.165) is 11.1 Å². The van der Waals surface area contributed by atoms with E-state index in [2.05, 4.69) is 10.6 Å². The maximum atomic E-state index is 12.4. The van der Waals surface area contributed by atoms with Gasteiger partial charge in [-0.2, -0.15) is 0 Å². The van der Waals surface area contributed by atoms with Gasteiger partial charge in [0.25, 0.3) is 0 Å². The first-order valence-corrected chi connectivity index (χ1v) is 9.35. The molecule has 1 atom stereocenters. The number of nitrogens with one attached hydrogen (secondary N) is 2. The van der Waals surface area contributed by atoms with E-state index in [1.165, 1.54) is 6.92 Å². The lowest BCUT2D eigenvalue weighted by Gasteiger charge is -2.20. The summed E-state index contributed by atoms with van der Waals surface area (Å²) in [6.07, 6.45) is 0. The molecule has 0 aliphatic carbocycles. The van der Waals surface area contributed by atoms with Gasteiger partial charge in [0.2, 0.25) is 5.91 Å². The molecule has 0 saturated heterocycles. The van der Waals surface area contributed by atoms with Gasteiger partial charge in [-0.25, -0.2) is 0 Å². The first-order valence-electron chi connectivity index (χ1n) is 8.97. The van der Waals surface area contributed by atoms with E-state index in [0.29, 0.717) is 16.3 Å². The van der Waals surface area contributed by atoms with Crippen LogP contribution in [0.15, 0.2) is 78.9 Å². The molecule has 2 N–H and O–H groups in total. The zero-order chi connectivity index (χ0) is 19.9. The Hall–Kier alpha value is -2.95. The first kappa shape index (κ1) is 19.8. The Kier molecular flexibility index (Phi) is 6.58. The second kappa shape index (κ2) is 9.31. The van der Waals surface area contributed by atoms with E-state index in [1.807, 2.05) is 54.6 Å². The van der Waals surface area contributed by atoms with Crippen molar-refractivity contribution in [3.8, 4) is 0 Å². The molecule has 5 heteroatoms. The highest BCUT2D eigenvalue weighted by atomic mass is 35.5. The van der Waals surface area contributed by atoms with Gasteiger partial charge in [0, 0.05) is 16.3 Å². The number of Topliss-reactive ketones (excluding diaryl/α,β-unsaturated/α-hetero) is 1. The smallest absolute Gasteiger partial charge is 0.238 e. The van der Waals surface area contributed by atoms with E-state index >= 15 is 0 Å². The third-order valence-corrected chi connectivity index (χ3v) is 4.57. The number of hydrogen-bond acceptors (Lipinski definition) is 3. The number of carbonyl (C=O) groups is 2. The fraction of sp³-hybridized carbons (Fsp3) is 0.130. The highest BCUT2D eigenvalue weighted by molar-refractivity contribution is 6.30. The maximum Gasteiger partial charge on any atom is 0.238 e. The van der Waals surface area contributed by atoms with Crippen LogP contribution in [0.1, 0.15) is 34.5 Å². The van der Waals surface area contributed by atoms with Crippen molar-refractivity contribution in [2.24, 2.45) is 0 Å². The van der Waals surface area contributed by atoms with Crippen molar-refractivity contribution in [2.45, 2.75) is 13.0 Å². The average Bonchev–Trinajstić information content (AvgIpc) is 2.69. The normalized spacial score (nSPS) is 11.6. The number of rotatable bonds is 7. The maximum absolute atomic E-state index is 12.4. The van der Waals surface area contributed by atoms with Crippen LogP contribution in [0.25, 0.3) is 0 Å². The molecular formula is C23H21ClN2O2. The molecular weight excluding hydrogens is 372 g/mol. The molecule has 4 nitrogen and oxygen atoms in total. The van der Waals surface area contributed by atoms with Gasteiger partial charge < -0.3 is 5.32 Å². The Morgan fingerprint density at radius 2 is 1.61 bits per heavy atom. The molecule has 3 rings (SSSR count). The molecule has 0 aliphatic rings. The lowest BCUT2D eigenvalue weighted by molar-refractivity contribution is -0.115. The standard InChI is InChI=1S/C23H21ClN2O2/c1-16(27)18-9-6-12-21(14-18)26-22(28)15-25-23(17-7-3-2-4-8-17)19-10-5-11-20(24)13-19/h2-14,23,25H,15H2,1H3,(H,26,28). The predicted octanol–water partition coefficient (Wildman–Crippen LogP) is 4.86. The molecule has 3 aromatic carbocycles. The quantitative estimate of drug-likeness (QED) is 0.564. The van der Waals surface area contributed by atoms with Crippen LogP contribution in [-0.4, -0.2) is 18.2 Å². The van der Waals surface area contributed by atoms with Crippen LogP contribution in [0.2, 0.25) is 5.02 Å². The number of carbonyl (C=O) groups excluding carboxylic acids is 2. The molecule has 0 heterocycles. The molecule has 0 aliphatic heterocycles. The van der Waals surface area contributed by atoms with E-state index < -0.39 is 0 Å². The fourth-order valence-electron chi connectivity index (χ4n) is 2.98. The van der Waals surface area contributed by atoms with Gasteiger partial charge in [0.1, 0.15) is 0 Å². The predicted molar refractivity (Wildman–Crippen MR) is 113 cm³/mol. The van der Waals surface area contributed by atoms with E-state index in [4.69, 9.17) is 11.6 Å². The summed E-state index contributed by atoms with van der Waals surface area (Å²) in [6, 6.07) is 24.2. The second-order valence-corrected chi connectivity index (χ2v) is 6.90. The van der Waals surface area contributed by atoms with Crippen molar-refractivity contribution in [1.29, 1.82) is 0 Å². The third kappa shape index (κ3) is 5.28. The van der Waals surface area contributed by atoms with E-state index in [9.17, 15) is 9.59 Å². The van der Waals surface area contributed by atoms with Gasteiger partial charge in [-0.15, -0.1) is 0 Å². The van der Waals surface area contributed by atoms with Gasteiger partial charge in [0.15, 0.2) is 5.78 Å². The van der Waals surface area contributed by atoms with Gasteiger partial charge >= 0.3 is 0 Å². The Labute approximate surface area is 169 Å². The highest BCUT2D eigenvalue weighted by Gasteiger charge is 2.15. The fourth-order valence-corrected chi connectivity index (χ4v) is 3.17. The van der Waals surface area contributed by atoms with Crippen LogP contribution >= 0.6 is 11.6 Å². The highest BCUT2D eigenvalue weighted by Crippen LogP contribution is 2.24. The van der Waals surface area contributed by atoms with Crippen molar-refractivity contribution < 1.29 is 9.59 Å². The summed E-state index contributed by atoms with van der Waals surface area (Å²) in [6.45, 7) is 1.61. The van der Waals surface area contributed by atoms with Crippen molar-refractivity contribution in [3.63, 3.8) is 0 Å². The SMILES string of the molecule is CC(=O)c1cccc(NC(=O)CNC(c2ccccc2)c2cccc(Cl)c2)c1. The minimum Gasteiger partial charge on any atom is -0.325 e. The van der Waals surface area contributed by atoms with Crippen molar-refractivity contribution in [2.75, 3.05) is 11.9 Å². The zero-order valence-corrected chi connectivity index (χ0v) is 16.2. The van der Waals surface area contributed by atoms with Gasteiger partial charge in [-0.3, -0.25) is 14.9 Å². The second-order valence-electron chi connectivity index (χ2n) is 6.46. The largest absolute Gasteiger partial charge is 0.325 e. The molecule has 0 aromatic heterocycles. The summed E-state index contributed by atoms with van der Waals surface area (Å²) in [5, 5.41) is 6.77. The molecule has 3 aromatic rings. The topological polar surface area (TPSA) is 58.2 Å². The summed E-state index contributed by atoms with van der Waals surface area (Å²) in [5.41, 5.74) is 3.17. The van der Waals surface area contributed by atoms with Crippen LogP contribution in [0.4, 0.5) is 5.69 Å². The molecule has 0 radical (unpaired) electrons. The van der Waals surface area contributed by atoms with Crippen LogP contribution in [0.5, 0.6) is 0 Å². The van der Waals surface area contributed by atoms with Crippen molar-refractivity contribution in [3.05, 3.63) is 101 Å². The molecule has 0 fully saturated rings. The molecule has 1 amide bonds. The molecule has 28 heavy (non-hydrogen) atoms. The Morgan fingerprint density at radius 1 is 0.893 bits per heavy atom. The van der Waals surface area contributed by atoms with Crippen molar-refractivity contribution >= 4 is 29.0 Å². The molecule has 142 valence electrons. The van der Waals surface area contributed by atoms with Crippen LogP contribution in [0.3, 0.4) is 0 Å². The first-order chi connectivity index (χ1) is 13.5. The van der Waals surface area contributed by atoms with Crippen LogP contribution in [0, 0.1) is 0 Å². The lowest BCUT2D eigenvalue weighted by atomic mass is 9.99. The summed E-state index contributed by atoms with van der Waals surface area (Å²) in [5.74, 6) is -0.233. The lowest BCUT2D eigenvalue weighted by Crippen LogP contribution is -2.32. The number of halogens is 1. The summed E-state index contributed by atoms with van der Waals surface area (Å²) in [7, 11) is 0. The Bertz CT molecular complexity index is 973. The van der Waals surface area contributed by atoms with Crippen molar-refractivity contribution in [1.82, 2.24) is 5.32 Å². The van der Waals surface area contributed by atoms with Gasteiger partial charge in [-0.05, 0) is 42.3 Å². The van der Waals surface area contributed by atoms with Gasteiger partial charge in [-0.1, -0.05) is 66.2 Å². The van der Waals surface area contributed by atoms with Crippen LogP contribution < -0.4 is 10.6 Å². The summed E-state index contributed by atoms with van der Waals surface area (Å²) >= 11 is 6.15. The number of benzene rings is 3. The summed E-state index contributed by atoms with van der Waals surface area (Å²) < 4.78 is 0. The minimum absolute atomic E-state index is 0.0423. The Morgan fingerprint density at radius 3 is 2.32 bits per heavy atom. The molecule has 1 unspecified atom stereocenters. The summed E-state index contributed by atoms with van der Waals surface area (Å²) in [4.78, 5) is 23.9. The van der Waals surface area contributed by atoms with Crippen LogP contribution in [-0.2, 0) is 4.79 Å². The zero-order valence-electron chi connectivity index (χ0n) is 15.5. The van der Waals surface area contributed by atoms with Gasteiger partial charge in [0.05, 0.1) is 12.6 Å². The minimum atomic E-state index is -0.191.